The van der Waals surface area contributed by atoms with E-state index in [9.17, 15) is 9.90 Å². The van der Waals surface area contributed by atoms with Gasteiger partial charge in [0.25, 0.3) is 5.91 Å². The van der Waals surface area contributed by atoms with Gasteiger partial charge in [0.2, 0.25) is 5.95 Å². The molecule has 0 radical (unpaired) electrons. The number of carbonyl (C=O) groups excluding carboxylic acids is 1. The highest BCUT2D eigenvalue weighted by molar-refractivity contribution is 7.17. The molecule has 0 spiro atoms. The van der Waals surface area contributed by atoms with Gasteiger partial charge in [0.1, 0.15) is 0 Å². The van der Waals surface area contributed by atoms with E-state index >= 15 is 0 Å². The lowest BCUT2D eigenvalue weighted by molar-refractivity contribution is 0.0706. The summed E-state index contributed by atoms with van der Waals surface area (Å²) in [6.07, 6.45) is 3.32. The second kappa shape index (κ2) is 9.16. The van der Waals surface area contributed by atoms with Crippen molar-refractivity contribution in [3.63, 3.8) is 0 Å². The first-order valence-corrected chi connectivity index (χ1v) is 11.5. The number of hydrogen-bond donors (Lipinski definition) is 2. The molecule has 1 amide bonds. The van der Waals surface area contributed by atoms with Crippen LogP contribution in [0.2, 0.25) is 0 Å². The Morgan fingerprint density at radius 1 is 1.23 bits per heavy atom. The molecular formula is C24H28N4O2S. The molecule has 1 fully saturated rings. The van der Waals surface area contributed by atoms with E-state index in [0.717, 1.165) is 46.1 Å². The highest BCUT2D eigenvalue weighted by Gasteiger charge is 2.32. The number of nitrogens with one attached hydrogen (secondary N) is 1. The first-order chi connectivity index (χ1) is 14.9. The van der Waals surface area contributed by atoms with Crippen molar-refractivity contribution >= 4 is 28.9 Å². The van der Waals surface area contributed by atoms with Crippen molar-refractivity contribution in [1.82, 2.24) is 14.9 Å². The molecule has 0 bridgehead atoms. The quantitative estimate of drug-likeness (QED) is 0.551. The second-order valence-corrected chi connectivity index (χ2v) is 9.39. The van der Waals surface area contributed by atoms with Gasteiger partial charge in [-0.1, -0.05) is 26.0 Å². The van der Waals surface area contributed by atoms with Crippen molar-refractivity contribution in [2.45, 2.75) is 45.8 Å². The van der Waals surface area contributed by atoms with Gasteiger partial charge in [-0.25, -0.2) is 9.97 Å². The van der Waals surface area contributed by atoms with E-state index in [-0.39, 0.29) is 5.91 Å². The largest absolute Gasteiger partial charge is 0.389 e. The van der Waals surface area contributed by atoms with Crippen LogP contribution >= 0.6 is 11.3 Å². The molecule has 2 aromatic heterocycles. The maximum Gasteiger partial charge on any atom is 0.264 e. The molecule has 6 nitrogen and oxygen atoms in total. The molecule has 1 aliphatic rings. The predicted octanol–water partition coefficient (Wildman–Crippen LogP) is 5.26. The Balaban J connectivity index is 1.52. The summed E-state index contributed by atoms with van der Waals surface area (Å²) in [5.74, 6) is 1.06. The van der Waals surface area contributed by atoms with Gasteiger partial charge in [-0.15, -0.1) is 11.3 Å². The minimum absolute atomic E-state index is 0.120. The van der Waals surface area contributed by atoms with Crippen LogP contribution in [0.4, 0.5) is 11.6 Å². The molecule has 1 aliphatic heterocycles. The van der Waals surface area contributed by atoms with Crippen LogP contribution in [0.5, 0.6) is 0 Å². The predicted molar refractivity (Wildman–Crippen MR) is 125 cm³/mol. The molecule has 2 atom stereocenters. The molecule has 0 saturated carbocycles. The first-order valence-electron chi connectivity index (χ1n) is 10.7. The van der Waals surface area contributed by atoms with Gasteiger partial charge < -0.3 is 15.3 Å². The monoisotopic (exact) mass is 436 g/mol. The molecule has 7 heteroatoms. The van der Waals surface area contributed by atoms with Crippen LogP contribution in [0.25, 0.3) is 10.6 Å². The van der Waals surface area contributed by atoms with Gasteiger partial charge in [-0.05, 0) is 61.6 Å². The van der Waals surface area contributed by atoms with Gasteiger partial charge in [0, 0.05) is 24.5 Å². The zero-order valence-electron chi connectivity index (χ0n) is 18.1. The fourth-order valence-electron chi connectivity index (χ4n) is 4.03. The molecule has 31 heavy (non-hydrogen) atoms. The molecule has 1 saturated heterocycles. The Kier molecular flexibility index (Phi) is 6.34. The van der Waals surface area contributed by atoms with Gasteiger partial charge in [-0.3, -0.25) is 4.79 Å². The molecule has 1 aromatic carbocycles. The van der Waals surface area contributed by atoms with E-state index in [0.29, 0.717) is 17.9 Å². The highest BCUT2D eigenvalue weighted by atomic mass is 32.1. The third-order valence-corrected chi connectivity index (χ3v) is 6.78. The number of aliphatic hydroxyl groups is 1. The van der Waals surface area contributed by atoms with Gasteiger partial charge in [0.05, 0.1) is 21.6 Å². The summed E-state index contributed by atoms with van der Waals surface area (Å²) in [6.45, 7) is 6.93. The van der Waals surface area contributed by atoms with Crippen LogP contribution in [0, 0.1) is 5.92 Å². The van der Waals surface area contributed by atoms with Crippen molar-refractivity contribution in [2.24, 2.45) is 5.92 Å². The van der Waals surface area contributed by atoms with Crippen molar-refractivity contribution < 1.29 is 9.90 Å². The number of amides is 1. The van der Waals surface area contributed by atoms with Crippen molar-refractivity contribution in [2.75, 3.05) is 11.9 Å². The maximum atomic E-state index is 13.1. The highest BCUT2D eigenvalue weighted by Crippen LogP contribution is 2.31. The van der Waals surface area contributed by atoms with Crippen molar-refractivity contribution in [1.29, 1.82) is 0 Å². The number of rotatable bonds is 6. The number of hydrogen-bond acceptors (Lipinski definition) is 6. The lowest BCUT2D eigenvalue weighted by atomic mass is 10.0. The van der Waals surface area contributed by atoms with Crippen LogP contribution in [0.15, 0.2) is 48.7 Å². The smallest absolute Gasteiger partial charge is 0.264 e. The summed E-state index contributed by atoms with van der Waals surface area (Å²) in [4.78, 5) is 25.7. The van der Waals surface area contributed by atoms with E-state index in [1.165, 1.54) is 11.3 Å². The van der Waals surface area contributed by atoms with Crippen LogP contribution in [-0.4, -0.2) is 38.5 Å². The molecule has 4 rings (SSSR count). The molecule has 2 unspecified atom stereocenters. The SMILES string of the molecule is CC(O)c1cccc(Nc2nccc(-c3ccc(C(=O)N4CCCC4C(C)C)s3)n2)c1. The zero-order chi connectivity index (χ0) is 22.0. The number of aromatic nitrogens is 2. The third kappa shape index (κ3) is 4.78. The van der Waals surface area contributed by atoms with Crippen LogP contribution in [0.1, 0.15) is 55.0 Å². The summed E-state index contributed by atoms with van der Waals surface area (Å²) in [6, 6.07) is 13.6. The Morgan fingerprint density at radius 3 is 2.84 bits per heavy atom. The molecule has 0 aliphatic carbocycles. The topological polar surface area (TPSA) is 78.3 Å². The van der Waals surface area contributed by atoms with E-state index in [2.05, 4.69) is 29.1 Å². The number of aliphatic hydroxyl groups excluding tert-OH is 1. The molecular weight excluding hydrogens is 408 g/mol. The minimum atomic E-state index is -0.540. The zero-order valence-corrected chi connectivity index (χ0v) is 18.9. The summed E-state index contributed by atoms with van der Waals surface area (Å²) in [5.41, 5.74) is 2.41. The Hall–Kier alpha value is -2.77. The fourth-order valence-corrected chi connectivity index (χ4v) is 4.96. The standard InChI is InChI=1S/C24H28N4O2S/c1-15(2)20-8-5-13-28(20)23(30)22-10-9-21(31-22)19-11-12-25-24(27-19)26-18-7-4-6-17(14-18)16(3)29/h4,6-7,9-12,14-16,20,29H,5,8,13H2,1-3H3,(H,25,26,27). The summed E-state index contributed by atoms with van der Waals surface area (Å²) < 4.78 is 0. The minimum Gasteiger partial charge on any atom is -0.389 e. The lowest BCUT2D eigenvalue weighted by Gasteiger charge is -2.27. The van der Waals surface area contributed by atoms with Gasteiger partial charge in [-0.2, -0.15) is 0 Å². The number of benzene rings is 1. The average Bonchev–Trinajstić information content (AvgIpc) is 3.44. The van der Waals surface area contributed by atoms with E-state index in [1.54, 1.807) is 13.1 Å². The molecule has 162 valence electrons. The second-order valence-electron chi connectivity index (χ2n) is 8.31. The fraction of sp³-hybridized carbons (Fsp3) is 0.375. The van der Waals surface area contributed by atoms with Crippen LogP contribution < -0.4 is 5.32 Å². The van der Waals surface area contributed by atoms with E-state index < -0.39 is 6.10 Å². The van der Waals surface area contributed by atoms with Crippen molar-refractivity contribution in [3.05, 3.63) is 59.1 Å². The summed E-state index contributed by atoms with van der Waals surface area (Å²) >= 11 is 1.47. The molecule has 3 aromatic rings. The molecule has 3 heterocycles. The number of carbonyl (C=O) groups is 1. The van der Waals surface area contributed by atoms with Gasteiger partial charge in [0.15, 0.2) is 0 Å². The number of thiophene rings is 1. The number of nitrogens with zero attached hydrogens (tertiary/aromatic N) is 3. The Labute approximate surface area is 187 Å². The van der Waals surface area contributed by atoms with Crippen LogP contribution in [-0.2, 0) is 0 Å². The third-order valence-electron chi connectivity index (χ3n) is 5.68. The number of likely N-dealkylation sites (tertiary alicyclic amines) is 1. The van der Waals surface area contributed by atoms with E-state index in [1.807, 2.05) is 47.4 Å². The summed E-state index contributed by atoms with van der Waals surface area (Å²) in [5, 5.41) is 13.0. The normalized spacial score (nSPS) is 17.2. The first kappa shape index (κ1) is 21.5. The maximum absolute atomic E-state index is 13.1. The van der Waals surface area contributed by atoms with Gasteiger partial charge >= 0.3 is 0 Å². The Morgan fingerprint density at radius 2 is 2.06 bits per heavy atom. The lowest BCUT2D eigenvalue weighted by Crippen LogP contribution is -2.38. The Bertz CT molecular complexity index is 1060. The average molecular weight is 437 g/mol. The summed E-state index contributed by atoms with van der Waals surface area (Å²) in [7, 11) is 0. The molecule has 2 N–H and O–H groups in total. The van der Waals surface area contributed by atoms with Crippen molar-refractivity contribution in [3.8, 4) is 10.6 Å². The number of anilines is 2. The van der Waals surface area contributed by atoms with E-state index in [4.69, 9.17) is 0 Å². The van der Waals surface area contributed by atoms with Crippen LogP contribution in [0.3, 0.4) is 0 Å².